The second kappa shape index (κ2) is 8.17. The zero-order chi connectivity index (χ0) is 19.6. The fourth-order valence-corrected chi connectivity index (χ4v) is 4.17. The lowest BCUT2D eigenvalue weighted by Gasteiger charge is -2.39. The molecule has 2 heterocycles. The molecule has 0 aliphatic carbocycles. The molecular weight excluding hydrogens is 364 g/mol. The van der Waals surface area contributed by atoms with Gasteiger partial charge in [0.2, 0.25) is 5.91 Å². The average molecular weight is 388 g/mol. The SMILES string of the molecule is CCOc1ccc([C@@H]2C(C(=O)OC(C)C)=C(C)N=C3SCCC(=O)N32)cc1. The maximum atomic E-state index is 12.8. The lowest BCUT2D eigenvalue weighted by molar-refractivity contribution is -0.143. The Balaban J connectivity index is 2.07. The van der Waals surface area contributed by atoms with E-state index in [1.165, 1.54) is 11.8 Å². The number of carbonyl (C=O) groups excluding carboxylic acids is 2. The summed E-state index contributed by atoms with van der Waals surface area (Å²) in [6, 6.07) is 6.95. The topological polar surface area (TPSA) is 68.2 Å². The van der Waals surface area contributed by atoms with Crippen LogP contribution in [-0.2, 0) is 14.3 Å². The van der Waals surface area contributed by atoms with Gasteiger partial charge in [0.05, 0.1) is 30.0 Å². The first-order valence-corrected chi connectivity index (χ1v) is 10.1. The highest BCUT2D eigenvalue weighted by atomic mass is 32.2. The molecule has 1 atom stereocenters. The van der Waals surface area contributed by atoms with Crippen LogP contribution >= 0.6 is 11.8 Å². The van der Waals surface area contributed by atoms with Gasteiger partial charge in [-0.2, -0.15) is 0 Å². The minimum atomic E-state index is -0.542. The molecule has 0 radical (unpaired) electrons. The number of thioether (sulfide) groups is 1. The molecule has 0 saturated carbocycles. The zero-order valence-electron chi connectivity index (χ0n) is 16.0. The van der Waals surface area contributed by atoms with E-state index in [4.69, 9.17) is 9.47 Å². The summed E-state index contributed by atoms with van der Waals surface area (Å²) in [5.74, 6) is 0.974. The number of ether oxygens (including phenoxy) is 2. The van der Waals surface area contributed by atoms with Gasteiger partial charge in [0.25, 0.3) is 0 Å². The molecule has 1 saturated heterocycles. The van der Waals surface area contributed by atoms with Crippen LogP contribution in [-0.4, -0.2) is 40.4 Å². The summed E-state index contributed by atoms with van der Waals surface area (Å²) in [5.41, 5.74) is 1.83. The van der Waals surface area contributed by atoms with E-state index in [0.29, 0.717) is 35.2 Å². The van der Waals surface area contributed by atoms with Crippen LogP contribution in [0.4, 0.5) is 0 Å². The smallest absolute Gasteiger partial charge is 0.338 e. The van der Waals surface area contributed by atoms with E-state index in [0.717, 1.165) is 11.3 Å². The second-order valence-corrected chi connectivity index (χ2v) is 7.68. The molecule has 1 aromatic rings. The summed E-state index contributed by atoms with van der Waals surface area (Å²) in [6.07, 6.45) is 0.165. The van der Waals surface area contributed by atoms with Gasteiger partial charge in [-0.05, 0) is 45.4 Å². The molecule has 0 unspecified atom stereocenters. The molecule has 2 aliphatic rings. The van der Waals surface area contributed by atoms with Gasteiger partial charge in [-0.25, -0.2) is 9.79 Å². The van der Waals surface area contributed by atoms with Crippen molar-refractivity contribution < 1.29 is 19.1 Å². The maximum Gasteiger partial charge on any atom is 0.338 e. The van der Waals surface area contributed by atoms with Crippen LogP contribution in [0.15, 0.2) is 40.5 Å². The minimum absolute atomic E-state index is 0.0336. The lowest BCUT2D eigenvalue weighted by Crippen LogP contribution is -2.46. The van der Waals surface area contributed by atoms with Crippen molar-refractivity contribution in [1.29, 1.82) is 0 Å². The minimum Gasteiger partial charge on any atom is -0.494 e. The van der Waals surface area contributed by atoms with Crippen molar-refractivity contribution in [2.75, 3.05) is 12.4 Å². The van der Waals surface area contributed by atoms with E-state index in [2.05, 4.69) is 4.99 Å². The van der Waals surface area contributed by atoms with Crippen molar-refractivity contribution in [3.63, 3.8) is 0 Å². The van der Waals surface area contributed by atoms with Crippen LogP contribution in [0.1, 0.15) is 45.7 Å². The molecule has 3 rings (SSSR count). The van der Waals surface area contributed by atoms with E-state index >= 15 is 0 Å². The second-order valence-electron chi connectivity index (χ2n) is 6.61. The number of esters is 1. The van der Waals surface area contributed by atoms with Crippen molar-refractivity contribution in [3.8, 4) is 5.75 Å². The van der Waals surface area contributed by atoms with Crippen LogP contribution in [0, 0.1) is 0 Å². The first kappa shape index (κ1) is 19.5. The molecule has 1 amide bonds. The van der Waals surface area contributed by atoms with E-state index in [-0.39, 0.29) is 12.0 Å². The molecule has 0 spiro atoms. The normalized spacial score (nSPS) is 19.7. The predicted octanol–water partition coefficient (Wildman–Crippen LogP) is 3.69. The molecule has 2 aliphatic heterocycles. The lowest BCUT2D eigenvalue weighted by atomic mass is 9.94. The summed E-state index contributed by atoms with van der Waals surface area (Å²) in [4.78, 5) is 31.7. The summed E-state index contributed by atoms with van der Waals surface area (Å²) >= 11 is 1.54. The van der Waals surface area contributed by atoms with Crippen LogP contribution in [0.2, 0.25) is 0 Å². The monoisotopic (exact) mass is 388 g/mol. The number of aliphatic imine (C=N–C) groups is 1. The summed E-state index contributed by atoms with van der Waals surface area (Å²) in [7, 11) is 0. The molecule has 1 aromatic carbocycles. The number of hydrogen-bond donors (Lipinski definition) is 0. The largest absolute Gasteiger partial charge is 0.494 e. The van der Waals surface area contributed by atoms with E-state index in [1.54, 1.807) is 25.7 Å². The van der Waals surface area contributed by atoms with Gasteiger partial charge in [-0.15, -0.1) is 0 Å². The number of allylic oxidation sites excluding steroid dienone is 1. The Morgan fingerprint density at radius 2 is 2.04 bits per heavy atom. The molecule has 7 heteroatoms. The highest BCUT2D eigenvalue weighted by molar-refractivity contribution is 8.14. The Hall–Kier alpha value is -2.28. The van der Waals surface area contributed by atoms with Gasteiger partial charge in [0, 0.05) is 12.2 Å². The van der Waals surface area contributed by atoms with Crippen molar-refractivity contribution in [3.05, 3.63) is 41.1 Å². The van der Waals surface area contributed by atoms with E-state index < -0.39 is 12.0 Å². The number of fused-ring (bicyclic) bond motifs is 1. The third kappa shape index (κ3) is 4.03. The van der Waals surface area contributed by atoms with Gasteiger partial charge < -0.3 is 9.47 Å². The first-order valence-electron chi connectivity index (χ1n) is 9.10. The van der Waals surface area contributed by atoms with Crippen molar-refractivity contribution in [2.45, 2.75) is 46.3 Å². The van der Waals surface area contributed by atoms with Crippen LogP contribution in [0.5, 0.6) is 5.75 Å². The fourth-order valence-electron chi connectivity index (χ4n) is 3.16. The fraction of sp³-hybridized carbons (Fsp3) is 0.450. The number of rotatable bonds is 5. The highest BCUT2D eigenvalue weighted by Gasteiger charge is 2.41. The van der Waals surface area contributed by atoms with Gasteiger partial charge >= 0.3 is 5.97 Å². The molecule has 6 nitrogen and oxygen atoms in total. The van der Waals surface area contributed by atoms with Crippen molar-refractivity contribution >= 4 is 28.8 Å². The Morgan fingerprint density at radius 1 is 1.33 bits per heavy atom. The number of carbonyl (C=O) groups is 2. The molecule has 27 heavy (non-hydrogen) atoms. The van der Waals surface area contributed by atoms with Crippen LogP contribution in [0.3, 0.4) is 0 Å². The maximum absolute atomic E-state index is 12.8. The third-order valence-corrected chi connectivity index (χ3v) is 5.23. The standard InChI is InChI=1S/C20H24N2O4S/c1-5-25-15-8-6-14(7-9-15)18-17(19(24)26-12(2)3)13(4)21-20-22(18)16(23)10-11-27-20/h6-9,12,18H,5,10-11H2,1-4H3/t18-/m1/s1. The molecule has 0 bridgehead atoms. The third-order valence-electron chi connectivity index (χ3n) is 4.28. The molecule has 0 aromatic heterocycles. The molecular formula is C20H24N2O4S. The van der Waals surface area contributed by atoms with E-state index in [9.17, 15) is 9.59 Å². The molecule has 144 valence electrons. The number of amides is 1. The Labute approximate surface area is 163 Å². The predicted molar refractivity (Wildman–Crippen MR) is 106 cm³/mol. The van der Waals surface area contributed by atoms with Crippen LogP contribution in [0.25, 0.3) is 0 Å². The number of hydrogen-bond acceptors (Lipinski definition) is 6. The van der Waals surface area contributed by atoms with Gasteiger partial charge in [-0.1, -0.05) is 23.9 Å². The first-order chi connectivity index (χ1) is 12.9. The summed E-state index contributed by atoms with van der Waals surface area (Å²) in [5, 5.41) is 0.642. The van der Waals surface area contributed by atoms with Gasteiger partial charge in [0.1, 0.15) is 5.75 Å². The number of nitrogens with zero attached hydrogens (tertiary/aromatic N) is 2. The summed E-state index contributed by atoms with van der Waals surface area (Å²) in [6.45, 7) is 7.90. The van der Waals surface area contributed by atoms with Crippen molar-refractivity contribution in [2.24, 2.45) is 4.99 Å². The quantitative estimate of drug-likeness (QED) is 0.720. The van der Waals surface area contributed by atoms with Gasteiger partial charge in [-0.3, -0.25) is 9.69 Å². The highest BCUT2D eigenvalue weighted by Crippen LogP contribution is 2.40. The van der Waals surface area contributed by atoms with Crippen molar-refractivity contribution in [1.82, 2.24) is 4.90 Å². The average Bonchev–Trinajstić information content (AvgIpc) is 2.61. The molecule has 1 fully saturated rings. The Bertz CT molecular complexity index is 799. The number of benzene rings is 1. The van der Waals surface area contributed by atoms with E-state index in [1.807, 2.05) is 31.2 Å². The Morgan fingerprint density at radius 3 is 2.67 bits per heavy atom. The molecule has 0 N–H and O–H groups in total. The summed E-state index contributed by atoms with van der Waals surface area (Å²) < 4.78 is 11.0. The van der Waals surface area contributed by atoms with Crippen LogP contribution < -0.4 is 4.74 Å². The zero-order valence-corrected chi connectivity index (χ0v) is 16.8. The van der Waals surface area contributed by atoms with Gasteiger partial charge in [0.15, 0.2) is 5.17 Å². The Kier molecular flexibility index (Phi) is 5.89. The number of amidine groups is 1.